The van der Waals surface area contributed by atoms with E-state index >= 15 is 0 Å². The molecule has 1 heterocycles. The molecule has 21 heavy (non-hydrogen) atoms. The molecule has 1 atom stereocenters. The topological polar surface area (TPSA) is 84.5 Å². The number of sulfone groups is 1. The van der Waals surface area contributed by atoms with Crippen LogP contribution in [0.2, 0.25) is 0 Å². The highest BCUT2D eigenvalue weighted by Crippen LogP contribution is 2.11. The zero-order valence-corrected chi connectivity index (χ0v) is 12.8. The summed E-state index contributed by atoms with van der Waals surface area (Å²) in [5.41, 5.74) is 0.849. The molecule has 2 N–H and O–H groups in total. The van der Waals surface area contributed by atoms with E-state index in [4.69, 9.17) is 4.74 Å². The molecule has 1 aliphatic heterocycles. The molecule has 1 aromatic carbocycles. The molecule has 1 aliphatic rings. The lowest BCUT2D eigenvalue weighted by Crippen LogP contribution is -2.38. The Bertz CT molecular complexity index is 577. The number of hydrogen-bond acceptors (Lipinski definition) is 4. The van der Waals surface area contributed by atoms with Gasteiger partial charge in [-0.1, -0.05) is 12.1 Å². The van der Waals surface area contributed by atoms with Crippen molar-refractivity contribution >= 4 is 15.9 Å². The van der Waals surface area contributed by atoms with Gasteiger partial charge < -0.3 is 15.4 Å². The van der Waals surface area contributed by atoms with Gasteiger partial charge in [-0.3, -0.25) is 0 Å². The minimum Gasteiger partial charge on any atom is -0.381 e. The van der Waals surface area contributed by atoms with Crippen molar-refractivity contribution in [3.63, 3.8) is 0 Å². The molecular formula is C14H20N2O4S. The van der Waals surface area contributed by atoms with Crippen LogP contribution in [0.5, 0.6) is 0 Å². The lowest BCUT2D eigenvalue weighted by Gasteiger charge is -2.11. The second-order valence-corrected chi connectivity index (χ2v) is 7.23. The molecule has 0 bridgehead atoms. The van der Waals surface area contributed by atoms with Crippen LogP contribution in [0.1, 0.15) is 12.0 Å². The Morgan fingerprint density at radius 2 is 2.00 bits per heavy atom. The molecule has 2 rings (SSSR count). The van der Waals surface area contributed by atoms with Crippen LogP contribution in [0.25, 0.3) is 0 Å². The predicted octanol–water partition coefficient (Wildman–Crippen LogP) is 0.926. The maximum absolute atomic E-state index is 11.6. The largest absolute Gasteiger partial charge is 0.381 e. The first-order valence-corrected chi connectivity index (χ1v) is 8.73. The summed E-state index contributed by atoms with van der Waals surface area (Å²) in [5, 5.41) is 5.55. The van der Waals surface area contributed by atoms with Crippen molar-refractivity contribution in [1.82, 2.24) is 10.6 Å². The third kappa shape index (κ3) is 5.02. The van der Waals surface area contributed by atoms with E-state index in [9.17, 15) is 13.2 Å². The van der Waals surface area contributed by atoms with Crippen molar-refractivity contribution in [1.29, 1.82) is 0 Å². The quantitative estimate of drug-likeness (QED) is 0.847. The number of carbonyl (C=O) groups excluding carboxylic acids is 1. The minimum atomic E-state index is -3.18. The van der Waals surface area contributed by atoms with E-state index in [0.717, 1.165) is 18.6 Å². The summed E-state index contributed by atoms with van der Waals surface area (Å²) in [6, 6.07) is 6.25. The van der Waals surface area contributed by atoms with Gasteiger partial charge in [-0.2, -0.15) is 0 Å². The maximum atomic E-state index is 11.6. The monoisotopic (exact) mass is 312 g/mol. The van der Waals surface area contributed by atoms with E-state index in [1.165, 1.54) is 6.26 Å². The molecule has 0 spiro atoms. The van der Waals surface area contributed by atoms with Gasteiger partial charge in [0.2, 0.25) is 0 Å². The second kappa shape index (κ2) is 6.91. The lowest BCUT2D eigenvalue weighted by atomic mass is 10.1. The van der Waals surface area contributed by atoms with Gasteiger partial charge in [-0.15, -0.1) is 0 Å². The van der Waals surface area contributed by atoms with Crippen molar-refractivity contribution in [2.45, 2.75) is 17.9 Å². The second-order valence-electron chi connectivity index (χ2n) is 5.21. The van der Waals surface area contributed by atoms with Crippen LogP contribution in [-0.4, -0.2) is 40.5 Å². The molecule has 6 nitrogen and oxygen atoms in total. The Kier molecular flexibility index (Phi) is 5.19. The van der Waals surface area contributed by atoms with Crippen LogP contribution in [0.15, 0.2) is 29.2 Å². The van der Waals surface area contributed by atoms with Gasteiger partial charge in [0, 0.05) is 31.9 Å². The molecule has 1 fully saturated rings. The highest BCUT2D eigenvalue weighted by Gasteiger charge is 2.16. The average Bonchev–Trinajstić information content (AvgIpc) is 2.95. The third-order valence-electron chi connectivity index (χ3n) is 3.38. The van der Waals surface area contributed by atoms with Crippen LogP contribution >= 0.6 is 0 Å². The zero-order chi connectivity index (χ0) is 15.3. The first-order valence-electron chi connectivity index (χ1n) is 6.83. The summed E-state index contributed by atoms with van der Waals surface area (Å²) in [5.74, 6) is 0.393. The van der Waals surface area contributed by atoms with Crippen LogP contribution < -0.4 is 10.6 Å². The van der Waals surface area contributed by atoms with Crippen LogP contribution in [0.4, 0.5) is 4.79 Å². The predicted molar refractivity (Wildman–Crippen MR) is 78.7 cm³/mol. The first-order chi connectivity index (χ1) is 9.95. The molecular weight excluding hydrogens is 292 g/mol. The standard InChI is InChI=1S/C14H20N2O4S/c1-21(18,19)13-4-2-11(3-5-13)8-15-14(17)16-9-12-6-7-20-10-12/h2-5,12H,6-10H2,1H3,(H2,15,16,17). The number of ether oxygens (including phenoxy) is 1. The maximum Gasteiger partial charge on any atom is 0.315 e. The Morgan fingerprint density at radius 1 is 1.29 bits per heavy atom. The molecule has 2 amide bonds. The molecule has 0 aliphatic carbocycles. The van der Waals surface area contributed by atoms with Crippen molar-refractivity contribution in [2.24, 2.45) is 5.92 Å². The highest BCUT2D eigenvalue weighted by atomic mass is 32.2. The molecule has 0 radical (unpaired) electrons. The SMILES string of the molecule is CS(=O)(=O)c1ccc(CNC(=O)NCC2CCOC2)cc1. The summed E-state index contributed by atoms with van der Waals surface area (Å²) in [6.07, 6.45) is 2.15. The van der Waals surface area contributed by atoms with Gasteiger partial charge in [0.1, 0.15) is 0 Å². The van der Waals surface area contributed by atoms with Gasteiger partial charge >= 0.3 is 6.03 Å². The van der Waals surface area contributed by atoms with Gasteiger partial charge in [0.25, 0.3) is 0 Å². The smallest absolute Gasteiger partial charge is 0.315 e. The fourth-order valence-electron chi connectivity index (χ4n) is 2.08. The fraction of sp³-hybridized carbons (Fsp3) is 0.500. The van der Waals surface area contributed by atoms with Crippen LogP contribution in [-0.2, 0) is 21.1 Å². The third-order valence-corrected chi connectivity index (χ3v) is 4.51. The summed E-state index contributed by atoms with van der Waals surface area (Å²) in [7, 11) is -3.18. The summed E-state index contributed by atoms with van der Waals surface area (Å²) in [6.45, 7) is 2.43. The Balaban J connectivity index is 1.75. The molecule has 0 saturated carbocycles. The van der Waals surface area contributed by atoms with Crippen molar-refractivity contribution in [3.8, 4) is 0 Å². The van der Waals surface area contributed by atoms with Crippen LogP contribution in [0.3, 0.4) is 0 Å². The van der Waals surface area contributed by atoms with E-state index in [1.807, 2.05) is 0 Å². The van der Waals surface area contributed by atoms with Gasteiger partial charge in [0.15, 0.2) is 9.84 Å². The molecule has 1 saturated heterocycles. The Labute approximate surface area is 124 Å². The van der Waals surface area contributed by atoms with Gasteiger partial charge in [0.05, 0.1) is 11.5 Å². The van der Waals surface area contributed by atoms with E-state index in [1.54, 1.807) is 24.3 Å². The minimum absolute atomic E-state index is 0.228. The van der Waals surface area contributed by atoms with Crippen molar-refractivity contribution < 1.29 is 17.9 Å². The molecule has 116 valence electrons. The first kappa shape index (κ1) is 15.8. The summed E-state index contributed by atoms with van der Waals surface area (Å²) >= 11 is 0. The number of urea groups is 1. The van der Waals surface area contributed by atoms with Crippen molar-refractivity contribution in [3.05, 3.63) is 29.8 Å². The van der Waals surface area contributed by atoms with Gasteiger partial charge in [-0.05, 0) is 24.1 Å². The summed E-state index contributed by atoms with van der Waals surface area (Å²) < 4.78 is 27.9. The highest BCUT2D eigenvalue weighted by molar-refractivity contribution is 7.90. The Hall–Kier alpha value is -1.60. The number of benzene rings is 1. The number of nitrogens with one attached hydrogen (secondary N) is 2. The van der Waals surface area contributed by atoms with Gasteiger partial charge in [-0.25, -0.2) is 13.2 Å². The molecule has 0 aromatic heterocycles. The number of amides is 2. The number of hydrogen-bond donors (Lipinski definition) is 2. The van der Waals surface area contributed by atoms with E-state index < -0.39 is 9.84 Å². The number of rotatable bonds is 5. The molecule has 1 unspecified atom stereocenters. The Morgan fingerprint density at radius 3 is 2.57 bits per heavy atom. The zero-order valence-electron chi connectivity index (χ0n) is 12.0. The van der Waals surface area contributed by atoms with E-state index in [-0.39, 0.29) is 10.9 Å². The number of carbonyl (C=O) groups is 1. The van der Waals surface area contributed by atoms with E-state index in [2.05, 4.69) is 10.6 Å². The van der Waals surface area contributed by atoms with Crippen molar-refractivity contribution in [2.75, 3.05) is 26.0 Å². The normalized spacial score (nSPS) is 18.4. The lowest BCUT2D eigenvalue weighted by molar-refractivity contribution is 0.185. The van der Waals surface area contributed by atoms with E-state index in [0.29, 0.717) is 25.6 Å². The molecule has 1 aromatic rings. The fourth-order valence-corrected chi connectivity index (χ4v) is 2.71. The molecule has 7 heteroatoms. The average molecular weight is 312 g/mol. The van der Waals surface area contributed by atoms with Crippen LogP contribution in [0, 0.1) is 5.92 Å². The summed E-state index contributed by atoms with van der Waals surface area (Å²) in [4.78, 5) is 11.9.